The summed E-state index contributed by atoms with van der Waals surface area (Å²) in [7, 11) is 0. The van der Waals surface area contributed by atoms with Crippen LogP contribution in [0.15, 0.2) is 72.3 Å². The highest BCUT2D eigenvalue weighted by molar-refractivity contribution is 5.69. The average molecular weight is 376 g/mol. The predicted octanol–water partition coefficient (Wildman–Crippen LogP) is 5.90. The highest BCUT2D eigenvalue weighted by atomic mass is 16.6. The van der Waals surface area contributed by atoms with E-state index in [1.165, 1.54) is 24.0 Å². The van der Waals surface area contributed by atoms with Crippen molar-refractivity contribution in [3.63, 3.8) is 0 Å². The molecule has 0 aromatic heterocycles. The van der Waals surface area contributed by atoms with Crippen LogP contribution in [-0.2, 0) is 17.8 Å². The van der Waals surface area contributed by atoms with Gasteiger partial charge in [0.25, 0.3) is 0 Å². The fraction of sp³-hybridized carbons (Fsp3) is 0.400. The molecular weight excluding hydrogens is 346 g/mol. The van der Waals surface area contributed by atoms with E-state index in [1.807, 2.05) is 35.2 Å². The van der Waals surface area contributed by atoms with Crippen LogP contribution < -0.4 is 0 Å². The van der Waals surface area contributed by atoms with Gasteiger partial charge in [-0.1, -0.05) is 72.3 Å². The Labute approximate surface area is 168 Å². The highest BCUT2D eigenvalue weighted by Crippen LogP contribution is 2.35. The number of hydrogen-bond donors (Lipinski definition) is 0. The first-order valence-electron chi connectivity index (χ1n) is 10.5. The second-order valence-electron chi connectivity index (χ2n) is 7.97. The summed E-state index contributed by atoms with van der Waals surface area (Å²) in [6.45, 7) is 0.350. The molecule has 0 N–H and O–H groups in total. The number of amides is 1. The van der Waals surface area contributed by atoms with Crippen LogP contribution >= 0.6 is 0 Å². The highest BCUT2D eigenvalue weighted by Gasteiger charge is 2.37. The molecule has 2 bridgehead atoms. The lowest BCUT2D eigenvalue weighted by Crippen LogP contribution is -2.51. The van der Waals surface area contributed by atoms with Gasteiger partial charge in [-0.15, -0.1) is 0 Å². The molecule has 2 aliphatic rings. The molecule has 2 aliphatic heterocycles. The lowest BCUT2D eigenvalue weighted by atomic mass is 9.84. The van der Waals surface area contributed by atoms with Crippen LogP contribution in [0.25, 0.3) is 0 Å². The maximum atomic E-state index is 12.8. The topological polar surface area (TPSA) is 29.5 Å². The second-order valence-corrected chi connectivity index (χ2v) is 7.97. The van der Waals surface area contributed by atoms with Crippen molar-refractivity contribution in [1.82, 2.24) is 4.90 Å². The minimum absolute atomic E-state index is 0.155. The van der Waals surface area contributed by atoms with Gasteiger partial charge in [0.2, 0.25) is 0 Å². The van der Waals surface area contributed by atoms with Gasteiger partial charge in [0.15, 0.2) is 0 Å². The van der Waals surface area contributed by atoms with Crippen molar-refractivity contribution >= 4 is 6.09 Å². The van der Waals surface area contributed by atoms with Crippen LogP contribution in [0, 0.1) is 0 Å². The van der Waals surface area contributed by atoms with Gasteiger partial charge in [-0.3, -0.25) is 4.90 Å². The number of nitrogens with zero attached hydrogens (tertiary/aromatic N) is 1. The van der Waals surface area contributed by atoms with E-state index in [-0.39, 0.29) is 12.1 Å². The smallest absolute Gasteiger partial charge is 0.410 e. The van der Waals surface area contributed by atoms with Gasteiger partial charge in [-0.05, 0) is 56.1 Å². The largest absolute Gasteiger partial charge is 0.445 e. The Morgan fingerprint density at radius 1 is 0.929 bits per heavy atom. The summed E-state index contributed by atoms with van der Waals surface area (Å²) in [6.07, 6.45) is 9.98. The molecule has 1 amide bonds. The van der Waals surface area contributed by atoms with Gasteiger partial charge in [-0.25, -0.2) is 4.79 Å². The molecule has 2 aromatic carbocycles. The third kappa shape index (κ3) is 4.64. The summed E-state index contributed by atoms with van der Waals surface area (Å²) >= 11 is 0. The Balaban J connectivity index is 1.33. The quantitative estimate of drug-likeness (QED) is 0.588. The third-order valence-corrected chi connectivity index (χ3v) is 5.94. The summed E-state index contributed by atoms with van der Waals surface area (Å²) in [5.41, 5.74) is 3.97. The number of aryl methyl sites for hydroxylation is 1. The van der Waals surface area contributed by atoms with Crippen molar-refractivity contribution in [2.24, 2.45) is 0 Å². The molecule has 4 rings (SSSR count). The van der Waals surface area contributed by atoms with Crippen molar-refractivity contribution in [3.8, 4) is 0 Å². The van der Waals surface area contributed by atoms with Gasteiger partial charge in [0.1, 0.15) is 6.61 Å². The number of piperidine rings is 1. The Bertz CT molecular complexity index is 800. The van der Waals surface area contributed by atoms with Crippen LogP contribution in [0.3, 0.4) is 0 Å². The summed E-state index contributed by atoms with van der Waals surface area (Å²) in [4.78, 5) is 14.8. The number of carbonyl (C=O) groups excluding carboxylic acids is 1. The predicted molar refractivity (Wildman–Crippen MR) is 112 cm³/mol. The van der Waals surface area contributed by atoms with E-state index in [9.17, 15) is 4.79 Å². The lowest BCUT2D eigenvalue weighted by molar-refractivity contribution is 0.0479. The number of rotatable bonds is 6. The van der Waals surface area contributed by atoms with Crippen LogP contribution in [0.2, 0.25) is 0 Å². The molecule has 1 saturated heterocycles. The van der Waals surface area contributed by atoms with Gasteiger partial charge in [0.05, 0.1) is 6.04 Å². The number of carbonyl (C=O) groups is 1. The van der Waals surface area contributed by atoms with E-state index >= 15 is 0 Å². The molecule has 0 aliphatic carbocycles. The van der Waals surface area contributed by atoms with E-state index < -0.39 is 0 Å². The standard InChI is InChI=1S/C25H29NO2/c27-25(28-19-21-11-5-2-6-12-21)26-23-15-8-16-24(26)18-22(17-23)14-7-13-20-9-3-1-4-10-20/h1-6,9-12,17,23-24H,7-8,13-16,18-19H2. The van der Waals surface area contributed by atoms with Crippen molar-refractivity contribution in [1.29, 1.82) is 0 Å². The maximum absolute atomic E-state index is 12.8. The molecule has 2 aromatic rings. The van der Waals surface area contributed by atoms with E-state index in [0.29, 0.717) is 12.6 Å². The second kappa shape index (κ2) is 9.09. The molecule has 0 spiro atoms. The van der Waals surface area contributed by atoms with Crippen molar-refractivity contribution in [2.45, 2.75) is 63.6 Å². The normalized spacial score (nSPS) is 21.1. The summed E-state index contributed by atoms with van der Waals surface area (Å²) in [5, 5.41) is 0. The minimum atomic E-state index is -0.155. The van der Waals surface area contributed by atoms with E-state index in [4.69, 9.17) is 4.74 Å². The van der Waals surface area contributed by atoms with Crippen LogP contribution in [-0.4, -0.2) is 23.1 Å². The van der Waals surface area contributed by atoms with Gasteiger partial charge in [0, 0.05) is 6.04 Å². The first-order valence-corrected chi connectivity index (χ1v) is 10.5. The minimum Gasteiger partial charge on any atom is -0.445 e. The van der Waals surface area contributed by atoms with Gasteiger partial charge < -0.3 is 4.74 Å². The fourth-order valence-electron chi connectivity index (χ4n) is 4.55. The molecule has 2 heterocycles. The fourth-order valence-corrected chi connectivity index (χ4v) is 4.55. The molecule has 2 atom stereocenters. The Kier molecular flexibility index (Phi) is 6.11. The average Bonchev–Trinajstić information content (AvgIpc) is 2.73. The van der Waals surface area contributed by atoms with Crippen LogP contribution in [0.4, 0.5) is 4.79 Å². The summed E-state index contributed by atoms with van der Waals surface area (Å²) in [6, 6.07) is 21.1. The van der Waals surface area contributed by atoms with E-state index in [0.717, 1.165) is 37.7 Å². The first kappa shape index (κ1) is 18.8. The maximum Gasteiger partial charge on any atom is 0.410 e. The van der Waals surface area contributed by atoms with Crippen molar-refractivity contribution in [3.05, 3.63) is 83.4 Å². The molecule has 1 fully saturated rings. The summed E-state index contributed by atoms with van der Waals surface area (Å²) in [5.74, 6) is 0. The zero-order valence-corrected chi connectivity index (χ0v) is 16.4. The Morgan fingerprint density at radius 2 is 1.64 bits per heavy atom. The molecule has 3 heteroatoms. The molecule has 0 saturated carbocycles. The molecule has 146 valence electrons. The molecule has 28 heavy (non-hydrogen) atoms. The molecular formula is C25H29NO2. The Morgan fingerprint density at radius 3 is 2.36 bits per heavy atom. The lowest BCUT2D eigenvalue weighted by Gasteiger charge is -2.44. The van der Waals surface area contributed by atoms with Gasteiger partial charge in [-0.2, -0.15) is 0 Å². The Hall–Kier alpha value is -2.55. The number of benzene rings is 2. The molecule has 2 unspecified atom stereocenters. The van der Waals surface area contributed by atoms with Crippen LogP contribution in [0.5, 0.6) is 0 Å². The van der Waals surface area contributed by atoms with Crippen LogP contribution in [0.1, 0.15) is 49.7 Å². The van der Waals surface area contributed by atoms with E-state index in [1.54, 1.807) is 0 Å². The third-order valence-electron chi connectivity index (χ3n) is 5.94. The van der Waals surface area contributed by atoms with Crippen molar-refractivity contribution in [2.75, 3.05) is 0 Å². The van der Waals surface area contributed by atoms with E-state index in [2.05, 4.69) is 36.4 Å². The number of fused-ring (bicyclic) bond motifs is 2. The summed E-state index contributed by atoms with van der Waals surface area (Å²) < 4.78 is 5.64. The molecule has 3 nitrogen and oxygen atoms in total. The monoisotopic (exact) mass is 375 g/mol. The van der Waals surface area contributed by atoms with Gasteiger partial charge >= 0.3 is 6.09 Å². The SMILES string of the molecule is O=C(OCc1ccccc1)N1C2C=C(CCCc3ccccc3)CC1CCC2. The number of hydrogen-bond acceptors (Lipinski definition) is 2. The molecule has 0 radical (unpaired) electrons. The zero-order valence-electron chi connectivity index (χ0n) is 16.4. The first-order chi connectivity index (χ1) is 13.8. The zero-order chi connectivity index (χ0) is 19.2. The van der Waals surface area contributed by atoms with Crippen molar-refractivity contribution < 1.29 is 9.53 Å². The number of ether oxygens (including phenoxy) is 1.